The second-order valence-electron chi connectivity index (χ2n) is 6.17. The zero-order valence-electron chi connectivity index (χ0n) is 16.6. The third-order valence-corrected chi connectivity index (χ3v) is 3.41. The van der Waals surface area contributed by atoms with Crippen LogP contribution in [0.1, 0.15) is 0 Å². The molecule has 180 valence electrons. The smallest absolute Gasteiger partial charge is 0.323 e. The Labute approximate surface area is 182 Å². The van der Waals surface area contributed by atoms with Crippen LogP contribution in [0.3, 0.4) is 0 Å². The second-order valence-corrected chi connectivity index (χ2v) is 6.17. The van der Waals surface area contributed by atoms with Gasteiger partial charge < -0.3 is 45.3 Å². The van der Waals surface area contributed by atoms with Crippen LogP contribution in [0, 0.1) is 0 Å². The third-order valence-electron chi connectivity index (χ3n) is 3.41. The highest BCUT2D eigenvalue weighted by atomic mass is 16.4. The van der Waals surface area contributed by atoms with Crippen LogP contribution in [0.2, 0.25) is 0 Å². The highest BCUT2D eigenvalue weighted by Crippen LogP contribution is 2.19. The lowest BCUT2D eigenvalue weighted by atomic mass is 10.4. The number of aromatic nitrogens is 3. The number of carboxylic acid groups (broad SMARTS) is 6. The Morgan fingerprint density at radius 1 is 0.424 bits per heavy atom. The first-order valence-corrected chi connectivity index (χ1v) is 8.60. The van der Waals surface area contributed by atoms with Crippen molar-refractivity contribution < 1.29 is 59.4 Å². The van der Waals surface area contributed by atoms with Crippen molar-refractivity contribution in [1.82, 2.24) is 15.0 Å². The Morgan fingerprint density at radius 3 is 0.697 bits per heavy atom. The first-order chi connectivity index (χ1) is 15.3. The quantitative estimate of drug-likeness (QED) is 0.146. The average molecular weight is 474 g/mol. The minimum Gasteiger partial charge on any atom is -0.480 e. The van der Waals surface area contributed by atoms with Gasteiger partial charge in [-0.3, -0.25) is 28.8 Å². The Kier molecular flexibility index (Phi) is 9.21. The predicted molar refractivity (Wildman–Crippen MR) is 102 cm³/mol. The van der Waals surface area contributed by atoms with Crippen molar-refractivity contribution in [2.75, 3.05) is 54.0 Å². The van der Waals surface area contributed by atoms with Gasteiger partial charge in [0.2, 0.25) is 17.8 Å². The Hall–Kier alpha value is -4.77. The molecule has 0 spiro atoms. The van der Waals surface area contributed by atoms with E-state index < -0.39 is 92.9 Å². The molecule has 0 aliphatic carbocycles. The number of hydrogen-bond donors (Lipinski definition) is 6. The van der Waals surface area contributed by atoms with E-state index in [-0.39, 0.29) is 0 Å². The molecule has 1 aromatic heterocycles. The average Bonchev–Trinajstić information content (AvgIpc) is 2.64. The standard InChI is InChI=1S/C15H18N6O12/c22-7(23)1-19(2-8(24)25)13-16-14(20(3-9(26)27)4-10(28)29)18-15(17-13)21(5-11(30)31)6-12(32)33/h1-6H2,(H,22,23)(H,24,25)(H,26,27)(H,28,29)(H,30,31)(H,32,33). The van der Waals surface area contributed by atoms with Gasteiger partial charge in [-0.25, -0.2) is 0 Å². The van der Waals surface area contributed by atoms with Crippen molar-refractivity contribution in [2.24, 2.45) is 0 Å². The fourth-order valence-corrected chi connectivity index (χ4v) is 2.34. The molecule has 0 radical (unpaired) electrons. The van der Waals surface area contributed by atoms with Crippen LogP contribution in [0.5, 0.6) is 0 Å². The van der Waals surface area contributed by atoms with E-state index in [9.17, 15) is 28.8 Å². The van der Waals surface area contributed by atoms with E-state index in [0.29, 0.717) is 14.7 Å². The lowest BCUT2D eigenvalue weighted by Crippen LogP contribution is -2.40. The summed E-state index contributed by atoms with van der Waals surface area (Å²) in [5.74, 6) is -11.3. The highest BCUT2D eigenvalue weighted by molar-refractivity contribution is 5.81. The van der Waals surface area contributed by atoms with Gasteiger partial charge in [-0.05, 0) is 0 Å². The first kappa shape index (κ1) is 26.3. The molecule has 0 aliphatic rings. The number of carbonyl (C=O) groups is 6. The number of rotatable bonds is 15. The lowest BCUT2D eigenvalue weighted by molar-refractivity contribution is -0.138. The van der Waals surface area contributed by atoms with Crippen molar-refractivity contribution in [1.29, 1.82) is 0 Å². The third kappa shape index (κ3) is 9.27. The van der Waals surface area contributed by atoms with Crippen molar-refractivity contribution in [3.05, 3.63) is 0 Å². The fourth-order valence-electron chi connectivity index (χ4n) is 2.34. The molecule has 18 heteroatoms. The summed E-state index contributed by atoms with van der Waals surface area (Å²) in [5, 5.41) is 54.3. The molecule has 0 unspecified atom stereocenters. The Balaban J connectivity index is 3.73. The van der Waals surface area contributed by atoms with Gasteiger partial charge in [-0.2, -0.15) is 15.0 Å². The fraction of sp³-hybridized carbons (Fsp3) is 0.400. The molecule has 33 heavy (non-hydrogen) atoms. The van der Waals surface area contributed by atoms with Gasteiger partial charge in [0, 0.05) is 0 Å². The van der Waals surface area contributed by atoms with Crippen molar-refractivity contribution in [3.8, 4) is 0 Å². The van der Waals surface area contributed by atoms with Gasteiger partial charge >= 0.3 is 35.8 Å². The van der Waals surface area contributed by atoms with Gasteiger partial charge in [0.15, 0.2) is 0 Å². The Morgan fingerprint density at radius 2 is 0.576 bits per heavy atom. The van der Waals surface area contributed by atoms with Crippen molar-refractivity contribution in [3.63, 3.8) is 0 Å². The normalized spacial score (nSPS) is 10.2. The molecule has 0 atom stereocenters. The molecule has 1 aromatic rings. The summed E-state index contributed by atoms with van der Waals surface area (Å²) in [7, 11) is 0. The minimum absolute atomic E-state index is 0.582. The molecule has 0 saturated carbocycles. The van der Waals surface area contributed by atoms with Gasteiger partial charge in [0.1, 0.15) is 39.3 Å². The molecular formula is C15H18N6O12. The van der Waals surface area contributed by atoms with Crippen LogP contribution in [0.25, 0.3) is 0 Å². The van der Waals surface area contributed by atoms with E-state index in [4.69, 9.17) is 30.6 Å². The maximum Gasteiger partial charge on any atom is 0.323 e. The summed E-state index contributed by atoms with van der Waals surface area (Å²) in [6.07, 6.45) is 0. The maximum absolute atomic E-state index is 11.1. The van der Waals surface area contributed by atoms with Crippen LogP contribution >= 0.6 is 0 Å². The summed E-state index contributed by atoms with van der Waals surface area (Å²) < 4.78 is 0. The Bertz CT molecular complexity index is 774. The van der Waals surface area contributed by atoms with E-state index in [1.54, 1.807) is 0 Å². The summed E-state index contributed by atoms with van der Waals surface area (Å²) in [4.78, 5) is 79.9. The van der Waals surface area contributed by atoms with Crippen molar-refractivity contribution >= 4 is 53.7 Å². The second kappa shape index (κ2) is 11.6. The van der Waals surface area contributed by atoms with Crippen LogP contribution in [0.4, 0.5) is 17.8 Å². The number of aliphatic carboxylic acids is 6. The van der Waals surface area contributed by atoms with Gasteiger partial charge in [0.25, 0.3) is 0 Å². The molecule has 0 amide bonds. The minimum atomic E-state index is -1.53. The largest absolute Gasteiger partial charge is 0.480 e. The molecule has 0 bridgehead atoms. The highest BCUT2D eigenvalue weighted by Gasteiger charge is 2.26. The van der Waals surface area contributed by atoms with Crippen LogP contribution in [0.15, 0.2) is 0 Å². The van der Waals surface area contributed by atoms with E-state index in [2.05, 4.69) is 15.0 Å². The molecule has 0 aliphatic heterocycles. The van der Waals surface area contributed by atoms with Crippen LogP contribution in [-0.2, 0) is 28.8 Å². The zero-order valence-corrected chi connectivity index (χ0v) is 16.6. The molecule has 0 aromatic carbocycles. The monoisotopic (exact) mass is 474 g/mol. The molecular weight excluding hydrogens is 456 g/mol. The SMILES string of the molecule is O=C(O)CN(CC(=O)O)c1nc(N(CC(=O)O)CC(=O)O)nc(N(CC(=O)O)CC(=O)O)n1. The summed E-state index contributed by atoms with van der Waals surface area (Å²) in [5.41, 5.74) is 0. The number of carboxylic acids is 6. The topological polar surface area (TPSA) is 272 Å². The molecule has 1 rings (SSSR count). The predicted octanol–water partition coefficient (Wildman–Crippen LogP) is -3.20. The van der Waals surface area contributed by atoms with E-state index >= 15 is 0 Å². The maximum atomic E-state index is 11.1. The van der Waals surface area contributed by atoms with Crippen molar-refractivity contribution in [2.45, 2.75) is 0 Å². The zero-order chi connectivity index (χ0) is 25.3. The number of nitrogens with zero attached hydrogens (tertiary/aromatic N) is 6. The van der Waals surface area contributed by atoms with Gasteiger partial charge in [-0.15, -0.1) is 0 Å². The molecule has 1 heterocycles. The lowest BCUT2D eigenvalue weighted by Gasteiger charge is -2.25. The molecule has 0 fully saturated rings. The molecule has 0 saturated heterocycles. The molecule has 18 nitrogen and oxygen atoms in total. The molecule has 6 N–H and O–H groups in total. The summed E-state index contributed by atoms with van der Waals surface area (Å²) >= 11 is 0. The van der Waals surface area contributed by atoms with Gasteiger partial charge in [0.05, 0.1) is 0 Å². The van der Waals surface area contributed by atoms with E-state index in [0.717, 1.165) is 0 Å². The van der Waals surface area contributed by atoms with E-state index in [1.165, 1.54) is 0 Å². The summed E-state index contributed by atoms with van der Waals surface area (Å²) in [6, 6.07) is 0. The number of anilines is 3. The van der Waals surface area contributed by atoms with Gasteiger partial charge in [-0.1, -0.05) is 0 Å². The first-order valence-electron chi connectivity index (χ1n) is 8.60. The van der Waals surface area contributed by atoms with Crippen LogP contribution < -0.4 is 14.7 Å². The van der Waals surface area contributed by atoms with Crippen LogP contribution in [-0.4, -0.2) is 121 Å². The number of hydrogen-bond acceptors (Lipinski definition) is 12. The van der Waals surface area contributed by atoms with E-state index in [1.807, 2.05) is 0 Å². The summed E-state index contributed by atoms with van der Waals surface area (Å²) in [6.45, 7) is -5.89.